The highest BCUT2D eigenvalue weighted by Crippen LogP contribution is 2.65. The zero-order valence-corrected chi connectivity index (χ0v) is 14.1. The second-order valence-electron chi connectivity index (χ2n) is 7.79. The smallest absolute Gasteiger partial charge is 0.233 e. The van der Waals surface area contributed by atoms with E-state index in [-0.39, 0.29) is 60.2 Å². The lowest BCUT2D eigenvalue weighted by Gasteiger charge is -2.37. The number of rotatable bonds is 4. The average molecular weight is 354 g/mol. The van der Waals surface area contributed by atoms with Gasteiger partial charge in [0.05, 0.1) is 11.8 Å². The minimum absolute atomic E-state index is 0.0456. The largest absolute Gasteiger partial charge is 0.326 e. The second kappa shape index (κ2) is 5.50. The Kier molecular flexibility index (Phi) is 3.33. The third-order valence-electron chi connectivity index (χ3n) is 6.44. The minimum Gasteiger partial charge on any atom is -0.326 e. The summed E-state index contributed by atoms with van der Waals surface area (Å²) in [5, 5.41) is 2.66. The maximum absolute atomic E-state index is 12.9. The van der Waals surface area contributed by atoms with Crippen LogP contribution in [0.2, 0.25) is 0 Å². The summed E-state index contributed by atoms with van der Waals surface area (Å²) in [7, 11) is 0. The van der Waals surface area contributed by atoms with Crippen molar-refractivity contribution in [3.8, 4) is 0 Å². The molecule has 1 saturated heterocycles. The number of carbonyl (C=O) groups is 3. The number of allylic oxidation sites excluding steroid dienone is 2. The number of likely N-dealkylation sites (tertiary alicyclic amines) is 1. The first-order valence-corrected chi connectivity index (χ1v) is 9.13. The maximum Gasteiger partial charge on any atom is 0.233 e. The first kappa shape index (κ1) is 15.7. The third-order valence-corrected chi connectivity index (χ3v) is 6.44. The van der Waals surface area contributed by atoms with Gasteiger partial charge in [-0.2, -0.15) is 0 Å². The Hall–Kier alpha value is -2.50. The van der Waals surface area contributed by atoms with Crippen molar-refractivity contribution >= 4 is 23.4 Å². The van der Waals surface area contributed by atoms with Crippen LogP contribution in [-0.2, 0) is 14.4 Å². The molecule has 26 heavy (non-hydrogen) atoms. The van der Waals surface area contributed by atoms with E-state index in [1.54, 1.807) is 0 Å². The zero-order chi connectivity index (χ0) is 18.0. The number of nitrogens with zero attached hydrogens (tertiary/aromatic N) is 1. The van der Waals surface area contributed by atoms with E-state index in [1.807, 2.05) is 0 Å². The normalized spacial score (nSPS) is 36.1. The third kappa shape index (κ3) is 2.24. The van der Waals surface area contributed by atoms with Gasteiger partial charge in [-0.1, -0.05) is 12.2 Å². The molecular formula is C20H19FN2O3. The van der Waals surface area contributed by atoms with E-state index >= 15 is 0 Å². The molecule has 0 aromatic heterocycles. The van der Waals surface area contributed by atoms with Crippen molar-refractivity contribution in [2.45, 2.75) is 12.8 Å². The van der Waals surface area contributed by atoms with Crippen LogP contribution in [0.25, 0.3) is 0 Å². The number of imide groups is 1. The standard InChI is InChI=1S/C20H19FN2O3/c21-10-1-3-11(4-2-10)22-16(24)7-8-23-19(25)17-12-5-6-13(15-9-14(12)15)18(17)20(23)26/h1-6,12-15,17-18H,7-9H2,(H,22,24). The van der Waals surface area contributed by atoms with E-state index in [4.69, 9.17) is 0 Å². The van der Waals surface area contributed by atoms with Crippen molar-refractivity contribution in [1.29, 1.82) is 0 Å². The Morgan fingerprint density at radius 2 is 1.62 bits per heavy atom. The topological polar surface area (TPSA) is 66.5 Å². The Morgan fingerprint density at radius 3 is 2.19 bits per heavy atom. The first-order chi connectivity index (χ1) is 12.5. The van der Waals surface area contributed by atoms with Gasteiger partial charge in [0.25, 0.3) is 0 Å². The predicted octanol–water partition coefficient (Wildman–Crippen LogP) is 2.21. The number of hydrogen-bond donors (Lipinski definition) is 1. The van der Waals surface area contributed by atoms with Gasteiger partial charge >= 0.3 is 0 Å². The molecule has 1 heterocycles. The summed E-state index contributed by atoms with van der Waals surface area (Å²) < 4.78 is 12.9. The molecule has 5 aliphatic rings. The molecule has 1 N–H and O–H groups in total. The van der Waals surface area contributed by atoms with Crippen LogP contribution in [0.15, 0.2) is 36.4 Å². The molecule has 3 fully saturated rings. The summed E-state index contributed by atoms with van der Waals surface area (Å²) in [6.45, 7) is 0.104. The van der Waals surface area contributed by atoms with E-state index in [0.717, 1.165) is 6.42 Å². The molecule has 6 rings (SSSR count). The molecule has 1 aromatic rings. The molecule has 2 saturated carbocycles. The molecule has 0 radical (unpaired) electrons. The molecule has 0 spiro atoms. The number of carbonyl (C=O) groups excluding carboxylic acids is 3. The van der Waals surface area contributed by atoms with Crippen LogP contribution in [0.1, 0.15) is 12.8 Å². The summed E-state index contributed by atoms with van der Waals surface area (Å²) in [6, 6.07) is 5.48. The van der Waals surface area contributed by atoms with Crippen LogP contribution >= 0.6 is 0 Å². The highest BCUT2D eigenvalue weighted by atomic mass is 19.1. The minimum atomic E-state index is -0.375. The highest BCUT2D eigenvalue weighted by molar-refractivity contribution is 6.06. The fourth-order valence-electron chi connectivity index (χ4n) is 5.21. The molecule has 2 bridgehead atoms. The summed E-state index contributed by atoms with van der Waals surface area (Å²) >= 11 is 0. The summed E-state index contributed by atoms with van der Waals surface area (Å²) in [5.41, 5.74) is 0.492. The van der Waals surface area contributed by atoms with Crippen LogP contribution in [0, 0.1) is 41.3 Å². The molecule has 5 nitrogen and oxygen atoms in total. The Bertz CT molecular complexity index is 798. The van der Waals surface area contributed by atoms with Gasteiger partial charge in [0.2, 0.25) is 17.7 Å². The SMILES string of the molecule is O=C(CCN1C(=O)C2C3C=CC(C4CC34)C2C1=O)Nc1ccc(F)cc1. The molecule has 6 heteroatoms. The van der Waals surface area contributed by atoms with E-state index in [9.17, 15) is 18.8 Å². The number of nitrogens with one attached hydrogen (secondary N) is 1. The van der Waals surface area contributed by atoms with Crippen molar-refractivity contribution in [1.82, 2.24) is 4.90 Å². The van der Waals surface area contributed by atoms with Crippen molar-refractivity contribution in [2.75, 3.05) is 11.9 Å². The molecule has 4 aliphatic carbocycles. The second-order valence-corrected chi connectivity index (χ2v) is 7.79. The Balaban J connectivity index is 1.24. The monoisotopic (exact) mass is 354 g/mol. The lowest BCUT2D eigenvalue weighted by Crippen LogP contribution is -2.40. The molecule has 6 unspecified atom stereocenters. The summed E-state index contributed by atoms with van der Waals surface area (Å²) in [5.74, 6) is 0.209. The number of amides is 3. The van der Waals surface area contributed by atoms with Crippen molar-refractivity contribution < 1.29 is 18.8 Å². The quantitative estimate of drug-likeness (QED) is 0.666. The average Bonchev–Trinajstić information content (AvgIpc) is 3.41. The fraction of sp³-hybridized carbons (Fsp3) is 0.450. The van der Waals surface area contributed by atoms with Gasteiger partial charge in [0.15, 0.2) is 0 Å². The van der Waals surface area contributed by atoms with Crippen LogP contribution < -0.4 is 5.32 Å². The highest BCUT2D eigenvalue weighted by Gasteiger charge is 2.66. The summed E-state index contributed by atoms with van der Waals surface area (Å²) in [4.78, 5) is 39.0. The molecule has 1 aliphatic heterocycles. The van der Waals surface area contributed by atoms with Gasteiger partial charge in [-0.25, -0.2) is 4.39 Å². The first-order valence-electron chi connectivity index (χ1n) is 9.13. The van der Waals surface area contributed by atoms with E-state index in [0.29, 0.717) is 17.5 Å². The molecular weight excluding hydrogens is 335 g/mol. The van der Waals surface area contributed by atoms with Crippen LogP contribution in [0.3, 0.4) is 0 Å². The van der Waals surface area contributed by atoms with Crippen molar-refractivity contribution in [3.63, 3.8) is 0 Å². The maximum atomic E-state index is 12.9. The molecule has 1 aromatic carbocycles. The molecule has 6 atom stereocenters. The number of benzene rings is 1. The zero-order valence-electron chi connectivity index (χ0n) is 14.1. The Labute approximate surface area is 150 Å². The molecule has 134 valence electrons. The van der Waals surface area contributed by atoms with Gasteiger partial charge in [0, 0.05) is 18.7 Å². The fourth-order valence-corrected chi connectivity index (χ4v) is 5.21. The number of halogens is 1. The van der Waals surface area contributed by atoms with Crippen LogP contribution in [-0.4, -0.2) is 29.2 Å². The predicted molar refractivity (Wildman–Crippen MR) is 91.1 cm³/mol. The lowest BCUT2D eigenvalue weighted by molar-refractivity contribution is -0.140. The van der Waals surface area contributed by atoms with Crippen molar-refractivity contribution in [3.05, 3.63) is 42.2 Å². The van der Waals surface area contributed by atoms with Gasteiger partial charge < -0.3 is 5.32 Å². The number of hydrogen-bond acceptors (Lipinski definition) is 3. The Morgan fingerprint density at radius 1 is 1.04 bits per heavy atom. The van der Waals surface area contributed by atoms with Crippen molar-refractivity contribution in [2.24, 2.45) is 35.5 Å². The van der Waals surface area contributed by atoms with Gasteiger partial charge in [0.1, 0.15) is 5.82 Å². The van der Waals surface area contributed by atoms with E-state index in [1.165, 1.54) is 29.2 Å². The number of anilines is 1. The van der Waals surface area contributed by atoms with Gasteiger partial charge in [-0.05, 0) is 54.4 Å². The van der Waals surface area contributed by atoms with Gasteiger partial charge in [-0.3, -0.25) is 19.3 Å². The summed E-state index contributed by atoms with van der Waals surface area (Å²) in [6.07, 6.45) is 5.45. The molecule has 3 amide bonds. The lowest BCUT2D eigenvalue weighted by atomic mass is 9.63. The van der Waals surface area contributed by atoms with E-state index in [2.05, 4.69) is 17.5 Å². The van der Waals surface area contributed by atoms with Crippen LogP contribution in [0.4, 0.5) is 10.1 Å². The van der Waals surface area contributed by atoms with Crippen LogP contribution in [0.5, 0.6) is 0 Å². The van der Waals surface area contributed by atoms with E-state index < -0.39 is 0 Å². The van der Waals surface area contributed by atoms with Gasteiger partial charge in [-0.15, -0.1) is 0 Å².